The summed E-state index contributed by atoms with van der Waals surface area (Å²) in [5, 5.41) is 12.9. The van der Waals surface area contributed by atoms with Gasteiger partial charge in [-0.05, 0) is 54.8 Å². The molecular weight excluding hydrogens is 673 g/mol. The molecule has 1 aliphatic heterocycles. The molecule has 13 nitrogen and oxygen atoms in total. The third-order valence-electron chi connectivity index (χ3n) is 10.5. The van der Waals surface area contributed by atoms with Gasteiger partial charge in [0.25, 0.3) is 5.91 Å². The van der Waals surface area contributed by atoms with Crippen molar-refractivity contribution < 1.29 is 46.7 Å². The lowest BCUT2D eigenvalue weighted by molar-refractivity contribution is -0.147. The van der Waals surface area contributed by atoms with E-state index in [1.807, 2.05) is 34.6 Å². The fourth-order valence-corrected chi connectivity index (χ4v) is 7.29. The molecule has 3 aliphatic rings. The Bertz CT molecular complexity index is 1310. The number of rotatable bonds is 15. The summed E-state index contributed by atoms with van der Waals surface area (Å²) in [7, 11) is 0. The van der Waals surface area contributed by atoms with E-state index in [2.05, 4.69) is 33.2 Å². The zero-order chi connectivity index (χ0) is 38.3. The van der Waals surface area contributed by atoms with Crippen LogP contribution in [0.2, 0.25) is 0 Å². The summed E-state index contributed by atoms with van der Waals surface area (Å²) in [6.45, 7) is 14.9. The fourth-order valence-electron chi connectivity index (χ4n) is 7.29. The van der Waals surface area contributed by atoms with Gasteiger partial charge >= 0.3 is 18.3 Å². The van der Waals surface area contributed by atoms with Crippen LogP contribution in [-0.2, 0) is 23.9 Å². The lowest BCUT2D eigenvalue weighted by Crippen LogP contribution is -2.61. The van der Waals surface area contributed by atoms with Crippen LogP contribution in [0.4, 0.5) is 22.8 Å². The molecule has 2 unspecified atom stereocenters. The summed E-state index contributed by atoms with van der Waals surface area (Å²) >= 11 is 0. The van der Waals surface area contributed by atoms with E-state index in [0.717, 1.165) is 19.3 Å². The summed E-state index contributed by atoms with van der Waals surface area (Å²) in [5.74, 6) is -4.45. The third-order valence-corrected chi connectivity index (χ3v) is 10.5. The molecule has 16 heteroatoms. The van der Waals surface area contributed by atoms with Crippen LogP contribution in [0.25, 0.3) is 0 Å². The summed E-state index contributed by atoms with van der Waals surface area (Å²) < 4.78 is 45.0. The Morgan fingerprint density at radius 3 is 2.20 bits per heavy atom. The normalized spacial score (nSPS) is 23.1. The number of piperidine rings is 1. The van der Waals surface area contributed by atoms with Gasteiger partial charge in [0.1, 0.15) is 18.7 Å². The van der Waals surface area contributed by atoms with Crippen LogP contribution in [0, 0.1) is 28.6 Å². The highest BCUT2D eigenvalue weighted by atomic mass is 19.4. The number of ketones is 1. The Morgan fingerprint density at radius 1 is 0.980 bits per heavy atom. The first-order valence-corrected chi connectivity index (χ1v) is 17.8. The molecule has 3 rings (SSSR count). The SMILES string of the molecule is C=CCNC(=O)C(=O)C(CCC(F)(F)F)NC(=O)[C@@H]1[C@@H]2[C@H](CN1C(=O)[C@@H](NC(=O)NC(COC(=O)NCC)C(C)(C)C)C1CCCCC1)C2(C)C. The van der Waals surface area contributed by atoms with Crippen LogP contribution >= 0.6 is 0 Å². The molecule has 2 aliphatic carbocycles. The third kappa shape index (κ3) is 11.1. The molecule has 2 saturated carbocycles. The molecule has 51 heavy (non-hydrogen) atoms. The number of nitrogens with one attached hydrogen (secondary N) is 5. The largest absolute Gasteiger partial charge is 0.447 e. The number of alkyl carbamates (subject to hydrolysis) is 1. The lowest BCUT2D eigenvalue weighted by atomic mass is 9.83. The highest BCUT2D eigenvalue weighted by Crippen LogP contribution is 2.65. The van der Waals surface area contributed by atoms with E-state index in [-0.39, 0.29) is 42.9 Å². The quantitative estimate of drug-likeness (QED) is 0.127. The minimum absolute atomic E-state index is 0.102. The van der Waals surface area contributed by atoms with Gasteiger partial charge in [-0.2, -0.15) is 13.2 Å². The second kappa shape index (κ2) is 17.1. The molecule has 0 spiro atoms. The van der Waals surface area contributed by atoms with Gasteiger partial charge < -0.3 is 36.2 Å². The monoisotopic (exact) mass is 728 g/mol. The number of carbonyl (C=O) groups is 6. The second-order valence-corrected chi connectivity index (χ2v) is 15.5. The molecule has 6 amide bonds. The number of nitrogens with zero attached hydrogens (tertiary/aromatic N) is 1. The second-order valence-electron chi connectivity index (χ2n) is 15.5. The summed E-state index contributed by atoms with van der Waals surface area (Å²) in [4.78, 5) is 80.8. The molecule has 1 saturated heterocycles. The van der Waals surface area contributed by atoms with Crippen molar-refractivity contribution >= 4 is 35.6 Å². The smallest absolute Gasteiger partial charge is 0.407 e. The number of hydrogen-bond acceptors (Lipinski definition) is 7. The molecular formula is C35H55F3N6O7. The minimum Gasteiger partial charge on any atom is -0.447 e. The molecule has 0 bridgehead atoms. The van der Waals surface area contributed by atoms with Gasteiger partial charge in [-0.15, -0.1) is 6.58 Å². The van der Waals surface area contributed by atoms with Crippen LogP contribution in [0.5, 0.6) is 0 Å². The van der Waals surface area contributed by atoms with Gasteiger partial charge in [0.05, 0.1) is 12.1 Å². The van der Waals surface area contributed by atoms with E-state index in [1.54, 1.807) is 6.92 Å². The number of fused-ring (bicyclic) bond motifs is 1. The molecule has 5 N–H and O–H groups in total. The Hall–Kier alpha value is -3.85. The van der Waals surface area contributed by atoms with E-state index in [4.69, 9.17) is 4.74 Å². The van der Waals surface area contributed by atoms with Crippen LogP contribution < -0.4 is 26.6 Å². The van der Waals surface area contributed by atoms with E-state index >= 15 is 0 Å². The Balaban J connectivity index is 1.86. The highest BCUT2D eigenvalue weighted by molar-refractivity contribution is 6.38. The number of hydrogen-bond donors (Lipinski definition) is 5. The van der Waals surface area contributed by atoms with E-state index in [0.29, 0.717) is 19.4 Å². The lowest BCUT2D eigenvalue weighted by Gasteiger charge is -2.38. The molecule has 0 aromatic heterocycles. The molecule has 0 radical (unpaired) electrons. The van der Waals surface area contributed by atoms with Gasteiger partial charge in [0.2, 0.25) is 17.6 Å². The maximum absolute atomic E-state index is 14.5. The summed E-state index contributed by atoms with van der Waals surface area (Å²) in [5.41, 5.74) is -0.914. The maximum atomic E-state index is 14.5. The zero-order valence-electron chi connectivity index (χ0n) is 30.5. The van der Waals surface area contributed by atoms with Crippen molar-refractivity contribution in [2.24, 2.45) is 28.6 Å². The van der Waals surface area contributed by atoms with Gasteiger partial charge in [-0.25, -0.2) is 9.59 Å². The van der Waals surface area contributed by atoms with Crippen molar-refractivity contribution in [3.8, 4) is 0 Å². The van der Waals surface area contributed by atoms with Crippen molar-refractivity contribution in [1.82, 2.24) is 31.5 Å². The topological polar surface area (TPSA) is 175 Å². The maximum Gasteiger partial charge on any atom is 0.407 e. The number of alkyl halides is 3. The fraction of sp³-hybridized carbons (Fsp3) is 0.771. The van der Waals surface area contributed by atoms with Crippen molar-refractivity contribution in [3.05, 3.63) is 12.7 Å². The van der Waals surface area contributed by atoms with Gasteiger partial charge in [-0.3, -0.25) is 19.2 Å². The molecule has 6 atom stereocenters. The first-order chi connectivity index (χ1) is 23.7. The van der Waals surface area contributed by atoms with Gasteiger partial charge in [-0.1, -0.05) is 60.0 Å². The van der Waals surface area contributed by atoms with Gasteiger partial charge in [0, 0.05) is 26.1 Å². The van der Waals surface area contributed by atoms with Crippen molar-refractivity contribution in [3.63, 3.8) is 0 Å². The Kier molecular flexibility index (Phi) is 13.9. The average Bonchev–Trinajstić information content (AvgIpc) is 3.36. The molecule has 3 fully saturated rings. The van der Waals surface area contributed by atoms with Crippen LogP contribution in [0.15, 0.2) is 12.7 Å². The first kappa shape index (κ1) is 41.6. The number of halogens is 3. The Labute approximate surface area is 298 Å². The van der Waals surface area contributed by atoms with Crippen LogP contribution in [0.1, 0.15) is 86.5 Å². The van der Waals surface area contributed by atoms with E-state index in [9.17, 15) is 41.9 Å². The number of urea groups is 1. The molecule has 0 aromatic carbocycles. The highest BCUT2D eigenvalue weighted by Gasteiger charge is 2.69. The van der Waals surface area contributed by atoms with Crippen LogP contribution in [-0.4, -0.2) is 97.1 Å². The average molecular weight is 729 g/mol. The van der Waals surface area contributed by atoms with Crippen molar-refractivity contribution in [2.45, 2.75) is 117 Å². The summed E-state index contributed by atoms with van der Waals surface area (Å²) in [6.07, 6.45) is -2.34. The Morgan fingerprint density at radius 2 is 1.63 bits per heavy atom. The number of likely N-dealkylation sites (tertiary alicyclic amines) is 1. The standard InChI is InChI=1S/C35H55F3N6O7/c1-8-17-40-29(47)27(45)22(15-16-35(36,37)38)41-28(46)26-24-21(34(24,6)7)18-44(26)30(48)25(20-13-11-10-12-14-20)43-31(49)42-23(33(3,4)5)19-51-32(50)39-9-2/h8,20-26H,1,9-19H2,2-7H3,(H,39,50)(H,40,47)(H,41,46)(H2,42,43,49)/t21-,22?,23?,24-,25-,26-/m0/s1. The molecule has 0 aromatic rings. The number of amides is 6. The van der Waals surface area contributed by atoms with Crippen molar-refractivity contribution in [2.75, 3.05) is 26.2 Å². The number of carbonyl (C=O) groups excluding carboxylic acids is 6. The predicted octanol–water partition coefficient (Wildman–Crippen LogP) is 3.58. The van der Waals surface area contributed by atoms with Crippen molar-refractivity contribution in [1.29, 1.82) is 0 Å². The van der Waals surface area contributed by atoms with E-state index in [1.165, 1.54) is 11.0 Å². The van der Waals surface area contributed by atoms with E-state index < -0.39 is 84.2 Å². The van der Waals surface area contributed by atoms with Gasteiger partial charge in [0.15, 0.2) is 0 Å². The first-order valence-electron chi connectivity index (χ1n) is 17.8. The molecule has 1 heterocycles. The van der Waals surface area contributed by atoms with Crippen LogP contribution in [0.3, 0.4) is 0 Å². The zero-order valence-corrected chi connectivity index (χ0v) is 30.5. The summed E-state index contributed by atoms with van der Waals surface area (Å²) in [6, 6.07) is -5.24. The number of ether oxygens (including phenoxy) is 1. The predicted molar refractivity (Wildman–Crippen MR) is 182 cm³/mol. The minimum atomic E-state index is -4.65. The molecule has 288 valence electrons. The number of Topliss-reactive ketones (excluding diaryl/α,β-unsaturated/α-hetero) is 1.